The molecule has 0 bridgehead atoms. The van der Waals surface area contributed by atoms with Gasteiger partial charge in [-0.05, 0) is 13.8 Å². The number of carbonyl (C=O) groups is 1. The summed E-state index contributed by atoms with van der Waals surface area (Å²) >= 11 is 0. The number of carbonyl (C=O) groups excluding carboxylic acids is 1. The van der Waals surface area contributed by atoms with E-state index >= 15 is 0 Å². The van der Waals surface area contributed by atoms with Crippen molar-refractivity contribution in [2.75, 3.05) is 0 Å². The molecule has 0 aliphatic heterocycles. The standard InChI is InChI=1S/C7H10O3/c1-5(2)7(9)10-4-6(3)8/h4,8H,1H2,2-3H3/b6-4+. The summed E-state index contributed by atoms with van der Waals surface area (Å²) in [6.45, 7) is 6.29. The molecule has 0 aliphatic rings. The van der Waals surface area contributed by atoms with Crippen molar-refractivity contribution in [3.8, 4) is 0 Å². The summed E-state index contributed by atoms with van der Waals surface area (Å²) in [7, 11) is 0. The number of hydrogen-bond donors (Lipinski definition) is 1. The monoisotopic (exact) mass is 142 g/mol. The fourth-order valence-electron chi connectivity index (χ4n) is 0.239. The maximum Gasteiger partial charge on any atom is 0.338 e. The molecule has 0 aromatic heterocycles. The van der Waals surface area contributed by atoms with Crippen LogP contribution in [0.5, 0.6) is 0 Å². The lowest BCUT2D eigenvalue weighted by atomic mass is 10.4. The molecular weight excluding hydrogens is 132 g/mol. The summed E-state index contributed by atoms with van der Waals surface area (Å²) in [6.07, 6.45) is 0.969. The quantitative estimate of drug-likeness (QED) is 0.361. The summed E-state index contributed by atoms with van der Waals surface area (Å²) in [5, 5.41) is 8.54. The predicted octanol–water partition coefficient (Wildman–Crippen LogP) is 1.52. The third kappa shape index (κ3) is 3.72. The number of allylic oxidation sites excluding steroid dienone is 1. The van der Waals surface area contributed by atoms with Crippen molar-refractivity contribution < 1.29 is 14.6 Å². The summed E-state index contributed by atoms with van der Waals surface area (Å²) in [6, 6.07) is 0. The Morgan fingerprint density at radius 2 is 2.10 bits per heavy atom. The number of ether oxygens (including phenoxy) is 1. The normalized spacial score (nSPS) is 10.8. The Morgan fingerprint density at radius 3 is 2.40 bits per heavy atom. The molecule has 1 N–H and O–H groups in total. The van der Waals surface area contributed by atoms with Gasteiger partial charge in [0.05, 0.1) is 0 Å². The fraction of sp³-hybridized carbons (Fsp3) is 0.286. The van der Waals surface area contributed by atoms with Gasteiger partial charge in [-0.25, -0.2) is 4.79 Å². The van der Waals surface area contributed by atoms with Gasteiger partial charge in [-0.15, -0.1) is 0 Å². The van der Waals surface area contributed by atoms with Gasteiger partial charge in [0.15, 0.2) is 0 Å². The minimum Gasteiger partial charge on any atom is -0.509 e. The van der Waals surface area contributed by atoms with Crippen LogP contribution in [-0.4, -0.2) is 11.1 Å². The van der Waals surface area contributed by atoms with Crippen molar-refractivity contribution in [3.63, 3.8) is 0 Å². The summed E-state index contributed by atoms with van der Waals surface area (Å²) < 4.78 is 4.41. The van der Waals surface area contributed by atoms with Crippen LogP contribution in [0.15, 0.2) is 24.2 Å². The first kappa shape index (κ1) is 8.75. The molecule has 0 saturated carbocycles. The van der Waals surface area contributed by atoms with Crippen molar-refractivity contribution in [1.29, 1.82) is 0 Å². The maximum absolute atomic E-state index is 10.6. The number of esters is 1. The van der Waals surface area contributed by atoms with E-state index in [1.165, 1.54) is 13.8 Å². The van der Waals surface area contributed by atoms with Gasteiger partial charge < -0.3 is 9.84 Å². The van der Waals surface area contributed by atoms with Crippen LogP contribution in [0.4, 0.5) is 0 Å². The van der Waals surface area contributed by atoms with Crippen molar-refractivity contribution >= 4 is 5.97 Å². The molecular formula is C7H10O3. The molecule has 0 aromatic rings. The zero-order chi connectivity index (χ0) is 8.15. The predicted molar refractivity (Wildman–Crippen MR) is 37.3 cm³/mol. The van der Waals surface area contributed by atoms with E-state index in [9.17, 15) is 4.79 Å². The first-order valence-corrected chi connectivity index (χ1v) is 2.76. The molecule has 0 unspecified atom stereocenters. The molecule has 0 heterocycles. The zero-order valence-electron chi connectivity index (χ0n) is 6.05. The minimum absolute atomic E-state index is 0.0467. The first-order valence-electron chi connectivity index (χ1n) is 2.76. The Hall–Kier alpha value is -1.25. The van der Waals surface area contributed by atoms with E-state index < -0.39 is 5.97 Å². The highest BCUT2D eigenvalue weighted by molar-refractivity contribution is 5.87. The van der Waals surface area contributed by atoms with Crippen molar-refractivity contribution in [3.05, 3.63) is 24.2 Å². The topological polar surface area (TPSA) is 46.5 Å². The molecule has 0 aromatic carbocycles. The smallest absolute Gasteiger partial charge is 0.338 e. The number of hydrogen-bond acceptors (Lipinski definition) is 3. The van der Waals surface area contributed by atoms with E-state index in [4.69, 9.17) is 5.11 Å². The lowest BCUT2D eigenvalue weighted by Gasteiger charge is -1.95. The molecule has 3 heteroatoms. The van der Waals surface area contributed by atoms with E-state index in [1.54, 1.807) is 0 Å². The van der Waals surface area contributed by atoms with Crippen LogP contribution in [0, 0.1) is 0 Å². The molecule has 0 fully saturated rings. The summed E-state index contributed by atoms with van der Waals surface area (Å²) in [5.41, 5.74) is 0.303. The molecule has 3 nitrogen and oxygen atoms in total. The van der Waals surface area contributed by atoms with E-state index in [0.29, 0.717) is 5.57 Å². The highest BCUT2D eigenvalue weighted by atomic mass is 16.5. The highest BCUT2D eigenvalue weighted by Gasteiger charge is 1.99. The van der Waals surface area contributed by atoms with Crippen molar-refractivity contribution in [1.82, 2.24) is 0 Å². The minimum atomic E-state index is -0.534. The molecule has 0 spiro atoms. The van der Waals surface area contributed by atoms with Crippen LogP contribution >= 0.6 is 0 Å². The number of aliphatic hydroxyl groups excluding tert-OH is 1. The molecule has 0 rings (SSSR count). The van der Waals surface area contributed by atoms with Gasteiger partial charge in [-0.3, -0.25) is 0 Å². The number of rotatable bonds is 2. The lowest BCUT2D eigenvalue weighted by molar-refractivity contribution is -0.133. The van der Waals surface area contributed by atoms with E-state index in [0.717, 1.165) is 6.26 Å². The van der Waals surface area contributed by atoms with E-state index in [2.05, 4.69) is 11.3 Å². The lowest BCUT2D eigenvalue weighted by Crippen LogP contribution is -1.99. The fourth-order valence-corrected chi connectivity index (χ4v) is 0.239. The average Bonchev–Trinajstić information content (AvgIpc) is 1.82. The molecule has 0 radical (unpaired) electrons. The second-order valence-electron chi connectivity index (χ2n) is 1.94. The SMILES string of the molecule is C=C(C)C(=O)O/C=C(\C)O. The Bertz CT molecular complexity index is 175. The number of aliphatic hydroxyl groups is 1. The summed E-state index contributed by atoms with van der Waals surface area (Å²) in [5.74, 6) is -0.581. The third-order valence-electron chi connectivity index (χ3n) is 0.685. The Labute approximate surface area is 59.6 Å². The van der Waals surface area contributed by atoms with Crippen molar-refractivity contribution in [2.24, 2.45) is 0 Å². The molecule has 0 amide bonds. The van der Waals surface area contributed by atoms with Crippen LogP contribution in [0.25, 0.3) is 0 Å². The maximum atomic E-state index is 10.6. The van der Waals surface area contributed by atoms with E-state index in [-0.39, 0.29) is 5.76 Å². The van der Waals surface area contributed by atoms with Crippen LogP contribution < -0.4 is 0 Å². The Balaban J connectivity index is 3.83. The van der Waals surface area contributed by atoms with Crippen LogP contribution in [-0.2, 0) is 9.53 Å². The first-order chi connectivity index (χ1) is 4.54. The van der Waals surface area contributed by atoms with Crippen LogP contribution in [0.3, 0.4) is 0 Å². The van der Waals surface area contributed by atoms with Crippen LogP contribution in [0.1, 0.15) is 13.8 Å². The average molecular weight is 142 g/mol. The molecule has 56 valence electrons. The third-order valence-corrected chi connectivity index (χ3v) is 0.685. The van der Waals surface area contributed by atoms with Gasteiger partial charge >= 0.3 is 5.97 Å². The molecule has 0 aliphatic carbocycles. The van der Waals surface area contributed by atoms with Gasteiger partial charge in [-0.1, -0.05) is 6.58 Å². The second-order valence-corrected chi connectivity index (χ2v) is 1.94. The second kappa shape index (κ2) is 3.71. The van der Waals surface area contributed by atoms with Gasteiger partial charge in [-0.2, -0.15) is 0 Å². The molecule has 10 heavy (non-hydrogen) atoms. The molecule has 0 saturated heterocycles. The Morgan fingerprint density at radius 1 is 1.60 bits per heavy atom. The van der Waals surface area contributed by atoms with Gasteiger partial charge in [0, 0.05) is 5.57 Å². The van der Waals surface area contributed by atoms with Gasteiger partial charge in [0.25, 0.3) is 0 Å². The highest BCUT2D eigenvalue weighted by Crippen LogP contribution is 1.94. The Kier molecular flexibility index (Phi) is 3.25. The van der Waals surface area contributed by atoms with E-state index in [1.807, 2.05) is 0 Å². The van der Waals surface area contributed by atoms with Crippen LogP contribution in [0.2, 0.25) is 0 Å². The largest absolute Gasteiger partial charge is 0.509 e. The summed E-state index contributed by atoms with van der Waals surface area (Å²) in [4.78, 5) is 10.6. The molecule has 0 atom stereocenters. The zero-order valence-corrected chi connectivity index (χ0v) is 6.05. The van der Waals surface area contributed by atoms with Crippen molar-refractivity contribution in [2.45, 2.75) is 13.8 Å². The van der Waals surface area contributed by atoms with Gasteiger partial charge in [0.2, 0.25) is 0 Å². The van der Waals surface area contributed by atoms with Gasteiger partial charge in [0.1, 0.15) is 12.0 Å².